The van der Waals surface area contributed by atoms with E-state index in [0.29, 0.717) is 16.3 Å². The number of halogens is 1. The molecule has 3 amide bonds. The standard InChI is InChI=1S/C27H30ClN3O4/c1-15-12-13-18-22(21(15)25(33)29-3)27(35)31(20(14-32)17-9-5-4-6-10-17)24(18)26(34)30-23-16(2)8-7-11-19(23)28/h4-13,15,18,20-22,24,32H,14H2,1-3H3,(H,29,33)(H,30,34)/t15-,18+,20-,21-,22-,24+/m1/s1. The molecular formula is C27H30ClN3O4. The number of amides is 3. The predicted octanol–water partition coefficient (Wildman–Crippen LogP) is 3.33. The number of carbonyl (C=O) groups is 3. The topological polar surface area (TPSA) is 98.7 Å². The highest BCUT2D eigenvalue weighted by molar-refractivity contribution is 6.34. The lowest BCUT2D eigenvalue weighted by molar-refractivity contribution is -0.142. The molecule has 2 aromatic rings. The summed E-state index contributed by atoms with van der Waals surface area (Å²) >= 11 is 6.37. The fourth-order valence-corrected chi connectivity index (χ4v) is 5.73. The zero-order valence-electron chi connectivity index (χ0n) is 19.9. The van der Waals surface area contributed by atoms with Crippen molar-refractivity contribution in [1.82, 2.24) is 10.2 Å². The fraction of sp³-hybridized carbons (Fsp3) is 0.370. The van der Waals surface area contributed by atoms with Crippen LogP contribution in [0.1, 0.15) is 24.1 Å². The lowest BCUT2D eigenvalue weighted by atomic mass is 9.70. The van der Waals surface area contributed by atoms with Crippen LogP contribution in [0.4, 0.5) is 5.69 Å². The van der Waals surface area contributed by atoms with Gasteiger partial charge in [0.1, 0.15) is 6.04 Å². The number of nitrogens with one attached hydrogen (secondary N) is 2. The summed E-state index contributed by atoms with van der Waals surface area (Å²) in [6, 6.07) is 12.8. The van der Waals surface area contributed by atoms with Gasteiger partial charge in [0, 0.05) is 13.0 Å². The molecule has 4 rings (SSSR count). The number of aliphatic hydroxyl groups is 1. The average Bonchev–Trinajstić information content (AvgIpc) is 3.14. The van der Waals surface area contributed by atoms with Crippen molar-refractivity contribution in [3.05, 3.63) is 76.8 Å². The Balaban J connectivity index is 1.81. The Kier molecular flexibility index (Phi) is 7.28. The molecular weight excluding hydrogens is 466 g/mol. The monoisotopic (exact) mass is 495 g/mol. The smallest absolute Gasteiger partial charge is 0.247 e. The third-order valence-electron chi connectivity index (χ3n) is 7.19. The quantitative estimate of drug-likeness (QED) is 0.535. The molecule has 8 heteroatoms. The van der Waals surface area contributed by atoms with Crippen LogP contribution in [0.2, 0.25) is 5.02 Å². The Morgan fingerprint density at radius 2 is 1.80 bits per heavy atom. The predicted molar refractivity (Wildman–Crippen MR) is 135 cm³/mol. The van der Waals surface area contributed by atoms with Crippen LogP contribution in [0.5, 0.6) is 0 Å². The number of rotatable bonds is 6. The summed E-state index contributed by atoms with van der Waals surface area (Å²) in [5, 5.41) is 16.4. The molecule has 0 unspecified atom stereocenters. The van der Waals surface area contributed by atoms with E-state index in [9.17, 15) is 19.5 Å². The number of fused-ring (bicyclic) bond motifs is 1. The van der Waals surface area contributed by atoms with E-state index in [-0.39, 0.29) is 24.3 Å². The van der Waals surface area contributed by atoms with Gasteiger partial charge < -0.3 is 20.6 Å². The molecule has 1 heterocycles. The van der Waals surface area contributed by atoms with E-state index in [4.69, 9.17) is 11.6 Å². The number of carbonyl (C=O) groups excluding carboxylic acids is 3. The molecule has 35 heavy (non-hydrogen) atoms. The van der Waals surface area contributed by atoms with Crippen LogP contribution < -0.4 is 10.6 Å². The van der Waals surface area contributed by atoms with Gasteiger partial charge in [0.15, 0.2) is 0 Å². The molecule has 6 atom stereocenters. The minimum atomic E-state index is -0.934. The highest BCUT2D eigenvalue weighted by atomic mass is 35.5. The fourth-order valence-electron chi connectivity index (χ4n) is 5.46. The van der Waals surface area contributed by atoms with Gasteiger partial charge in [0.05, 0.1) is 35.2 Å². The van der Waals surface area contributed by atoms with Crippen molar-refractivity contribution in [2.45, 2.75) is 25.9 Å². The molecule has 0 saturated carbocycles. The van der Waals surface area contributed by atoms with Crippen molar-refractivity contribution in [2.75, 3.05) is 19.0 Å². The number of likely N-dealkylation sites (tertiary alicyclic amines) is 1. The van der Waals surface area contributed by atoms with E-state index >= 15 is 0 Å². The van der Waals surface area contributed by atoms with E-state index in [0.717, 1.165) is 5.56 Å². The van der Waals surface area contributed by atoms with Gasteiger partial charge in [-0.3, -0.25) is 14.4 Å². The number of aryl methyl sites for hydroxylation is 1. The van der Waals surface area contributed by atoms with Crippen LogP contribution in [-0.4, -0.2) is 47.4 Å². The summed E-state index contributed by atoms with van der Waals surface area (Å²) in [6.07, 6.45) is 3.77. The zero-order valence-corrected chi connectivity index (χ0v) is 20.7. The average molecular weight is 496 g/mol. The second kappa shape index (κ2) is 10.2. The first-order valence-corrected chi connectivity index (χ1v) is 12.1. The number of allylic oxidation sites excluding steroid dienone is 1. The number of hydrogen-bond acceptors (Lipinski definition) is 4. The molecule has 1 aliphatic heterocycles. The van der Waals surface area contributed by atoms with Gasteiger partial charge in [-0.15, -0.1) is 0 Å². The SMILES string of the molecule is CNC(=O)[C@H]1[C@@H]2C(=O)N([C@H](CO)c3ccccc3)[C@H](C(=O)Nc3c(C)cccc3Cl)[C@H]2C=C[C@H]1C. The second-order valence-electron chi connectivity index (χ2n) is 9.21. The van der Waals surface area contributed by atoms with Gasteiger partial charge in [0.2, 0.25) is 17.7 Å². The Bertz CT molecular complexity index is 1130. The van der Waals surface area contributed by atoms with Gasteiger partial charge in [-0.2, -0.15) is 0 Å². The van der Waals surface area contributed by atoms with Gasteiger partial charge in [0.25, 0.3) is 0 Å². The maximum absolute atomic E-state index is 14.0. The molecule has 2 aliphatic rings. The zero-order chi connectivity index (χ0) is 25.3. The molecule has 1 fully saturated rings. The maximum atomic E-state index is 14.0. The summed E-state index contributed by atoms with van der Waals surface area (Å²) in [5.74, 6) is -3.05. The first kappa shape index (κ1) is 24.9. The van der Waals surface area contributed by atoms with Crippen molar-refractivity contribution in [3.63, 3.8) is 0 Å². The normalized spacial score (nSPS) is 26.3. The van der Waals surface area contributed by atoms with Crippen molar-refractivity contribution >= 4 is 35.0 Å². The number of hydrogen-bond donors (Lipinski definition) is 3. The highest BCUT2D eigenvalue weighted by Gasteiger charge is 2.58. The first-order valence-electron chi connectivity index (χ1n) is 11.7. The summed E-state index contributed by atoms with van der Waals surface area (Å²) in [4.78, 5) is 42.1. The third kappa shape index (κ3) is 4.46. The molecule has 0 aromatic heterocycles. The second-order valence-corrected chi connectivity index (χ2v) is 9.61. The van der Waals surface area contributed by atoms with E-state index in [1.54, 1.807) is 19.2 Å². The Labute approximate surface area is 210 Å². The third-order valence-corrected chi connectivity index (χ3v) is 7.50. The summed E-state index contributed by atoms with van der Waals surface area (Å²) in [7, 11) is 1.55. The summed E-state index contributed by atoms with van der Waals surface area (Å²) in [5.41, 5.74) is 1.98. The molecule has 3 N–H and O–H groups in total. The van der Waals surface area contributed by atoms with E-state index in [2.05, 4.69) is 10.6 Å². The van der Waals surface area contributed by atoms with Gasteiger partial charge >= 0.3 is 0 Å². The van der Waals surface area contributed by atoms with Crippen LogP contribution >= 0.6 is 11.6 Å². The molecule has 0 bridgehead atoms. The van der Waals surface area contributed by atoms with Crippen molar-refractivity contribution in [1.29, 1.82) is 0 Å². The van der Waals surface area contributed by atoms with E-state index in [1.165, 1.54) is 4.90 Å². The number of aliphatic hydroxyl groups excluding tert-OH is 1. The number of benzene rings is 2. The lowest BCUT2D eigenvalue weighted by Crippen LogP contribution is -2.47. The van der Waals surface area contributed by atoms with Crippen molar-refractivity contribution in [2.24, 2.45) is 23.7 Å². The summed E-state index contributed by atoms with van der Waals surface area (Å²) in [6.45, 7) is 3.37. The van der Waals surface area contributed by atoms with Gasteiger partial charge in [-0.1, -0.05) is 73.1 Å². The lowest BCUT2D eigenvalue weighted by Gasteiger charge is -2.33. The van der Waals surface area contributed by atoms with Crippen LogP contribution in [0, 0.1) is 30.6 Å². The molecule has 1 aliphatic carbocycles. The molecule has 7 nitrogen and oxygen atoms in total. The molecule has 1 saturated heterocycles. The Morgan fingerprint density at radius 1 is 1.09 bits per heavy atom. The van der Waals surface area contributed by atoms with Crippen molar-refractivity contribution < 1.29 is 19.5 Å². The Morgan fingerprint density at radius 3 is 2.43 bits per heavy atom. The largest absolute Gasteiger partial charge is 0.394 e. The Hall–Kier alpha value is -3.16. The number of anilines is 1. The minimum Gasteiger partial charge on any atom is -0.394 e. The molecule has 0 radical (unpaired) electrons. The molecule has 2 aromatic carbocycles. The van der Waals surface area contributed by atoms with Crippen LogP contribution in [-0.2, 0) is 14.4 Å². The molecule has 0 spiro atoms. The van der Waals surface area contributed by atoms with Crippen molar-refractivity contribution in [3.8, 4) is 0 Å². The number of para-hydroxylation sites is 1. The first-order chi connectivity index (χ1) is 16.8. The minimum absolute atomic E-state index is 0.182. The molecule has 184 valence electrons. The van der Waals surface area contributed by atoms with Gasteiger partial charge in [-0.25, -0.2) is 0 Å². The van der Waals surface area contributed by atoms with Crippen LogP contribution in [0.15, 0.2) is 60.7 Å². The van der Waals surface area contributed by atoms with E-state index in [1.807, 2.05) is 62.4 Å². The highest BCUT2D eigenvalue weighted by Crippen LogP contribution is 2.47. The number of nitrogens with zero attached hydrogens (tertiary/aromatic N) is 1. The van der Waals surface area contributed by atoms with Crippen LogP contribution in [0.3, 0.4) is 0 Å². The van der Waals surface area contributed by atoms with E-state index < -0.39 is 35.7 Å². The van der Waals surface area contributed by atoms with Gasteiger partial charge in [-0.05, 0) is 30.0 Å². The van der Waals surface area contributed by atoms with Crippen LogP contribution in [0.25, 0.3) is 0 Å². The maximum Gasteiger partial charge on any atom is 0.247 e. The summed E-state index contributed by atoms with van der Waals surface area (Å²) < 4.78 is 0.